The third kappa shape index (κ3) is 17.0. The Kier molecular flexibility index (Phi) is 20.2. The first-order valence-electron chi connectivity index (χ1n) is 22.1. The van der Waals surface area contributed by atoms with Crippen LogP contribution in [0.4, 0.5) is 9.59 Å². The summed E-state index contributed by atoms with van der Waals surface area (Å²) in [6.07, 6.45) is 4.39. The highest BCUT2D eigenvalue weighted by Crippen LogP contribution is 2.44. The third-order valence-corrected chi connectivity index (χ3v) is 10.3. The SMILES string of the molecule is CC(C)(C)OC(=O)NCCCCC(NC(=O)OCC1c2ccccc2-c2ccccc21)C(=O)NCCOCCOCCOCCOCCNC(=O)CCCc1c[nH]c2ccccc12. The molecule has 1 atom stereocenters. The van der Waals surface area contributed by atoms with Crippen molar-refractivity contribution in [3.8, 4) is 11.1 Å². The first-order chi connectivity index (χ1) is 30.6. The van der Waals surface area contributed by atoms with Crippen molar-refractivity contribution in [1.29, 1.82) is 0 Å². The van der Waals surface area contributed by atoms with E-state index in [2.05, 4.69) is 44.5 Å². The molecule has 0 aliphatic heterocycles. The van der Waals surface area contributed by atoms with Gasteiger partial charge >= 0.3 is 12.2 Å². The molecule has 63 heavy (non-hydrogen) atoms. The molecule has 1 aliphatic carbocycles. The zero-order chi connectivity index (χ0) is 44.7. The molecule has 0 bridgehead atoms. The predicted molar refractivity (Wildman–Crippen MR) is 241 cm³/mol. The van der Waals surface area contributed by atoms with E-state index in [0.29, 0.717) is 85.0 Å². The number of ether oxygens (including phenoxy) is 6. The number of carbonyl (C=O) groups excluding carboxylic acids is 4. The number of hydrogen-bond donors (Lipinski definition) is 5. The largest absolute Gasteiger partial charge is 0.449 e. The van der Waals surface area contributed by atoms with Crippen molar-refractivity contribution in [2.45, 2.75) is 76.9 Å². The molecule has 4 amide bonds. The maximum Gasteiger partial charge on any atom is 0.407 e. The van der Waals surface area contributed by atoms with Crippen LogP contribution in [-0.4, -0.2) is 120 Å². The maximum absolute atomic E-state index is 13.3. The van der Waals surface area contributed by atoms with Gasteiger partial charge in [0.1, 0.15) is 18.2 Å². The lowest BCUT2D eigenvalue weighted by molar-refractivity contribution is -0.123. The molecule has 0 fully saturated rings. The Morgan fingerprint density at radius 3 is 1.89 bits per heavy atom. The maximum atomic E-state index is 13.3. The van der Waals surface area contributed by atoms with Crippen molar-refractivity contribution in [3.63, 3.8) is 0 Å². The number of aryl methyl sites for hydroxylation is 1. The van der Waals surface area contributed by atoms with Gasteiger partial charge in [-0.05, 0) is 86.8 Å². The number of aromatic amines is 1. The molecule has 5 rings (SSSR count). The molecule has 4 aromatic rings. The third-order valence-electron chi connectivity index (χ3n) is 10.3. The standard InChI is InChI=1S/C48H65N5O10/c1-48(2,3)63-46(56)51-22-11-10-20-43(53-47(57)62-34-41-39-17-6-4-15-37(39)38-16-5-7-18-40(38)41)45(55)50-24-26-59-28-30-61-32-31-60-29-27-58-25-23-49-44(54)21-12-13-35-33-52-42-19-9-8-14-36(35)42/h4-9,14-19,33,41,43,52H,10-13,20-32,34H2,1-3H3,(H,49,54)(H,50,55)(H,51,56)(H,53,57). The van der Waals surface area contributed by atoms with Gasteiger partial charge in [-0.15, -0.1) is 0 Å². The van der Waals surface area contributed by atoms with E-state index in [1.54, 1.807) is 20.8 Å². The monoisotopic (exact) mass is 871 g/mol. The number of aromatic nitrogens is 1. The van der Waals surface area contributed by atoms with Gasteiger partial charge in [-0.25, -0.2) is 9.59 Å². The fraction of sp³-hybridized carbons (Fsp3) is 0.500. The zero-order valence-corrected chi connectivity index (χ0v) is 37.0. The number of benzene rings is 3. The van der Waals surface area contributed by atoms with Crippen molar-refractivity contribution >= 4 is 34.9 Å². The van der Waals surface area contributed by atoms with E-state index in [1.165, 1.54) is 10.9 Å². The minimum atomic E-state index is -0.853. The lowest BCUT2D eigenvalue weighted by Gasteiger charge is -2.21. The van der Waals surface area contributed by atoms with Gasteiger partial charge in [0.15, 0.2) is 0 Å². The normalized spacial score (nSPS) is 12.6. The quantitative estimate of drug-likeness (QED) is 0.0401. The summed E-state index contributed by atoms with van der Waals surface area (Å²) in [6, 6.07) is 23.5. The molecule has 5 N–H and O–H groups in total. The molecule has 3 aromatic carbocycles. The van der Waals surface area contributed by atoms with E-state index in [1.807, 2.05) is 60.8 Å². The van der Waals surface area contributed by atoms with Crippen molar-refractivity contribution in [2.24, 2.45) is 0 Å². The second-order valence-electron chi connectivity index (χ2n) is 16.3. The first-order valence-corrected chi connectivity index (χ1v) is 22.1. The van der Waals surface area contributed by atoms with Crippen LogP contribution in [0.1, 0.15) is 75.5 Å². The van der Waals surface area contributed by atoms with Gasteiger partial charge in [0.05, 0.1) is 52.9 Å². The molecule has 0 radical (unpaired) electrons. The fourth-order valence-corrected chi connectivity index (χ4v) is 7.29. The molecule has 0 saturated carbocycles. The highest BCUT2D eigenvalue weighted by molar-refractivity contribution is 5.86. The Labute approximate surface area is 370 Å². The predicted octanol–water partition coefficient (Wildman–Crippen LogP) is 6.39. The molecule has 1 unspecified atom stereocenters. The van der Waals surface area contributed by atoms with Crippen LogP contribution in [0.2, 0.25) is 0 Å². The number of rotatable bonds is 28. The molecular formula is C48H65N5O10. The number of fused-ring (bicyclic) bond motifs is 4. The number of alkyl carbamates (subject to hydrolysis) is 2. The van der Waals surface area contributed by atoms with E-state index in [-0.39, 0.29) is 37.5 Å². The highest BCUT2D eigenvalue weighted by atomic mass is 16.6. The summed E-state index contributed by atoms with van der Waals surface area (Å²) in [6.45, 7) is 9.55. The molecule has 0 saturated heterocycles. The molecule has 1 aromatic heterocycles. The van der Waals surface area contributed by atoms with Gasteiger partial charge in [0.2, 0.25) is 11.8 Å². The average molecular weight is 872 g/mol. The van der Waals surface area contributed by atoms with Crippen LogP contribution < -0.4 is 21.3 Å². The van der Waals surface area contributed by atoms with E-state index < -0.39 is 23.8 Å². The lowest BCUT2D eigenvalue weighted by Crippen LogP contribution is -2.47. The topological polar surface area (TPSA) is 188 Å². The second kappa shape index (κ2) is 26.2. The van der Waals surface area contributed by atoms with E-state index in [4.69, 9.17) is 28.4 Å². The van der Waals surface area contributed by atoms with Gasteiger partial charge in [0.25, 0.3) is 0 Å². The van der Waals surface area contributed by atoms with Gasteiger partial charge < -0.3 is 54.7 Å². The summed E-state index contributed by atoms with van der Waals surface area (Å²) < 4.78 is 33.3. The van der Waals surface area contributed by atoms with Crippen LogP contribution in [0, 0.1) is 0 Å². The van der Waals surface area contributed by atoms with Gasteiger partial charge in [-0.3, -0.25) is 9.59 Å². The molecule has 15 heteroatoms. The Balaban J connectivity index is 0.885. The summed E-state index contributed by atoms with van der Waals surface area (Å²) >= 11 is 0. The fourth-order valence-electron chi connectivity index (χ4n) is 7.29. The number of H-pyrrole nitrogens is 1. The minimum Gasteiger partial charge on any atom is -0.449 e. The Bertz CT molecular complexity index is 1990. The van der Waals surface area contributed by atoms with Crippen molar-refractivity contribution < 1.29 is 47.6 Å². The average Bonchev–Trinajstić information content (AvgIpc) is 3.82. The summed E-state index contributed by atoms with van der Waals surface area (Å²) in [4.78, 5) is 53.8. The summed E-state index contributed by atoms with van der Waals surface area (Å²) in [5, 5.41) is 12.4. The van der Waals surface area contributed by atoms with E-state index in [9.17, 15) is 19.2 Å². The van der Waals surface area contributed by atoms with E-state index >= 15 is 0 Å². The number of nitrogens with one attached hydrogen (secondary N) is 5. The second-order valence-corrected chi connectivity index (χ2v) is 16.3. The van der Waals surface area contributed by atoms with Gasteiger partial charge in [0, 0.05) is 49.1 Å². The molecule has 342 valence electrons. The zero-order valence-electron chi connectivity index (χ0n) is 37.0. The number of amides is 4. The summed E-state index contributed by atoms with van der Waals surface area (Å²) in [5.41, 5.74) is 6.18. The number of carbonyl (C=O) groups is 4. The number of hydrogen-bond acceptors (Lipinski definition) is 10. The Hall–Kier alpha value is -5.48. The molecule has 15 nitrogen and oxygen atoms in total. The van der Waals surface area contributed by atoms with Crippen molar-refractivity contribution in [3.05, 3.63) is 95.7 Å². The molecule has 0 spiro atoms. The molecule has 1 heterocycles. The van der Waals surface area contributed by atoms with Crippen molar-refractivity contribution in [1.82, 2.24) is 26.3 Å². The van der Waals surface area contributed by atoms with Crippen LogP contribution in [-0.2, 0) is 44.4 Å². The Morgan fingerprint density at radius 1 is 0.651 bits per heavy atom. The van der Waals surface area contributed by atoms with Crippen LogP contribution in [0.25, 0.3) is 22.0 Å². The molecular weight excluding hydrogens is 807 g/mol. The molecule has 1 aliphatic rings. The smallest absolute Gasteiger partial charge is 0.407 e. The van der Waals surface area contributed by atoms with Crippen LogP contribution in [0.15, 0.2) is 79.0 Å². The first kappa shape index (κ1) is 48.6. The van der Waals surface area contributed by atoms with Gasteiger partial charge in [-0.1, -0.05) is 66.7 Å². The van der Waals surface area contributed by atoms with Crippen LogP contribution in [0.3, 0.4) is 0 Å². The van der Waals surface area contributed by atoms with E-state index in [0.717, 1.165) is 40.6 Å². The van der Waals surface area contributed by atoms with Gasteiger partial charge in [-0.2, -0.15) is 0 Å². The van der Waals surface area contributed by atoms with Crippen LogP contribution in [0.5, 0.6) is 0 Å². The lowest BCUT2D eigenvalue weighted by atomic mass is 9.98. The summed E-state index contributed by atoms with van der Waals surface area (Å²) in [5.74, 6) is -0.452. The van der Waals surface area contributed by atoms with Crippen LogP contribution >= 0.6 is 0 Å². The highest BCUT2D eigenvalue weighted by Gasteiger charge is 2.30. The van der Waals surface area contributed by atoms with Crippen molar-refractivity contribution in [2.75, 3.05) is 79.1 Å². The Morgan fingerprint density at radius 2 is 1.24 bits per heavy atom. The number of unbranched alkanes of at least 4 members (excludes halogenated alkanes) is 1. The summed E-state index contributed by atoms with van der Waals surface area (Å²) in [7, 11) is 0. The minimum absolute atomic E-state index is 0.0180. The number of para-hydroxylation sites is 1.